The first-order valence-electron chi connectivity index (χ1n) is 7.02. The predicted octanol–water partition coefficient (Wildman–Crippen LogP) is 3.62. The Morgan fingerprint density at radius 3 is 2.89 bits per heavy atom. The van der Waals surface area contributed by atoms with Crippen LogP contribution in [0.5, 0.6) is 0 Å². The molecule has 0 radical (unpaired) electrons. The van der Waals surface area contributed by atoms with E-state index in [0.29, 0.717) is 0 Å². The van der Waals surface area contributed by atoms with E-state index in [1.165, 1.54) is 34.4 Å². The monoisotopic (exact) mass is 248 g/mol. The molecule has 0 amide bonds. The minimum absolute atomic E-state index is 0.789. The minimum atomic E-state index is 0.789. The van der Waals surface area contributed by atoms with E-state index in [1.807, 2.05) is 0 Å². The second-order valence-corrected chi connectivity index (χ2v) is 5.86. The van der Waals surface area contributed by atoms with Gasteiger partial charge in [0.05, 0.1) is 0 Å². The third-order valence-corrected chi connectivity index (χ3v) is 4.52. The standard InChI is InChI=1S/C18H18N/c1-12-5-3-4-6-15(12)18-10-14-8-7-13-9-16(13)17(14)11-19(18)2/h3-8,10-11,13,16H,9H2,1-2H3/q+1. The largest absolute Gasteiger partial charge is 0.213 e. The molecule has 0 N–H and O–H groups in total. The molecule has 1 heteroatoms. The normalized spacial score (nSPS) is 22.8. The van der Waals surface area contributed by atoms with Gasteiger partial charge >= 0.3 is 0 Å². The van der Waals surface area contributed by atoms with Crippen LogP contribution in [0.4, 0.5) is 0 Å². The first-order valence-corrected chi connectivity index (χ1v) is 7.02. The number of hydrogen-bond acceptors (Lipinski definition) is 0. The highest BCUT2D eigenvalue weighted by Gasteiger charge is 2.41. The van der Waals surface area contributed by atoms with Crippen molar-refractivity contribution in [1.29, 1.82) is 0 Å². The van der Waals surface area contributed by atoms with Gasteiger partial charge in [-0.3, -0.25) is 0 Å². The molecule has 0 aliphatic heterocycles. The van der Waals surface area contributed by atoms with Gasteiger partial charge in [0.15, 0.2) is 6.20 Å². The highest BCUT2D eigenvalue weighted by Crippen LogP contribution is 2.52. The highest BCUT2D eigenvalue weighted by atomic mass is 14.9. The van der Waals surface area contributed by atoms with Crippen molar-refractivity contribution in [3.63, 3.8) is 0 Å². The van der Waals surface area contributed by atoms with E-state index in [1.54, 1.807) is 0 Å². The maximum atomic E-state index is 2.38. The van der Waals surface area contributed by atoms with Crippen molar-refractivity contribution in [1.82, 2.24) is 0 Å². The van der Waals surface area contributed by atoms with Crippen molar-refractivity contribution in [3.8, 4) is 11.3 Å². The highest BCUT2D eigenvalue weighted by molar-refractivity contribution is 5.68. The fraction of sp³-hybridized carbons (Fsp3) is 0.278. The van der Waals surface area contributed by atoms with Crippen LogP contribution in [0.25, 0.3) is 17.3 Å². The van der Waals surface area contributed by atoms with Gasteiger partial charge in [0, 0.05) is 17.2 Å². The van der Waals surface area contributed by atoms with Crippen LogP contribution in [-0.2, 0) is 7.05 Å². The summed E-state index contributed by atoms with van der Waals surface area (Å²) in [5.41, 5.74) is 6.92. The lowest BCUT2D eigenvalue weighted by Crippen LogP contribution is -2.32. The number of rotatable bonds is 1. The van der Waals surface area contributed by atoms with Crippen molar-refractivity contribution < 1.29 is 4.57 Å². The Kier molecular flexibility index (Phi) is 2.20. The van der Waals surface area contributed by atoms with Gasteiger partial charge in [0.2, 0.25) is 5.69 Å². The second kappa shape index (κ2) is 3.80. The van der Waals surface area contributed by atoms with Crippen LogP contribution in [0.15, 0.2) is 42.6 Å². The van der Waals surface area contributed by atoms with Crippen LogP contribution in [-0.4, -0.2) is 0 Å². The molecule has 94 valence electrons. The zero-order valence-corrected chi connectivity index (χ0v) is 11.4. The van der Waals surface area contributed by atoms with Gasteiger partial charge in [-0.05, 0) is 42.4 Å². The minimum Gasteiger partial charge on any atom is -0.201 e. The van der Waals surface area contributed by atoms with Crippen molar-refractivity contribution >= 4 is 6.08 Å². The summed E-state index contributed by atoms with van der Waals surface area (Å²) in [6.45, 7) is 2.18. The lowest BCUT2D eigenvalue weighted by atomic mass is 9.96. The molecule has 2 aliphatic carbocycles. The first kappa shape index (κ1) is 11.0. The molecule has 1 nitrogen and oxygen atoms in total. The molecule has 0 spiro atoms. The van der Waals surface area contributed by atoms with E-state index in [-0.39, 0.29) is 0 Å². The maximum Gasteiger partial charge on any atom is 0.213 e. The Bertz CT molecular complexity index is 697. The molecule has 1 saturated carbocycles. The zero-order valence-electron chi connectivity index (χ0n) is 11.4. The Morgan fingerprint density at radius 2 is 2.05 bits per heavy atom. The van der Waals surface area contributed by atoms with E-state index < -0.39 is 0 Å². The summed E-state index contributed by atoms with van der Waals surface area (Å²) >= 11 is 0. The van der Waals surface area contributed by atoms with Gasteiger partial charge in [-0.25, -0.2) is 4.57 Å². The van der Waals surface area contributed by atoms with E-state index in [0.717, 1.165) is 11.8 Å². The number of fused-ring (bicyclic) bond motifs is 3. The Morgan fingerprint density at radius 1 is 1.21 bits per heavy atom. The SMILES string of the molecule is Cc1ccccc1-c1cc2c(c[n+]1C)C1CC1C=C2. The lowest BCUT2D eigenvalue weighted by molar-refractivity contribution is -0.660. The molecule has 2 atom stereocenters. The Labute approximate surface area is 114 Å². The van der Waals surface area contributed by atoms with Crippen LogP contribution in [0.3, 0.4) is 0 Å². The van der Waals surface area contributed by atoms with Gasteiger partial charge in [0.1, 0.15) is 7.05 Å². The Hall–Kier alpha value is -1.89. The number of hydrogen-bond donors (Lipinski definition) is 0. The van der Waals surface area contributed by atoms with E-state index in [4.69, 9.17) is 0 Å². The molecular formula is C18H18N+. The molecule has 1 aromatic carbocycles. The summed E-state index contributed by atoms with van der Waals surface area (Å²) in [5, 5.41) is 0. The number of benzene rings is 1. The average Bonchev–Trinajstić information content (AvgIpc) is 3.19. The second-order valence-electron chi connectivity index (χ2n) is 5.86. The Balaban J connectivity index is 1.91. The smallest absolute Gasteiger partial charge is 0.201 e. The molecule has 0 bridgehead atoms. The van der Waals surface area contributed by atoms with Gasteiger partial charge < -0.3 is 0 Å². The molecule has 2 aliphatic rings. The van der Waals surface area contributed by atoms with Gasteiger partial charge in [-0.15, -0.1) is 0 Å². The summed E-state index contributed by atoms with van der Waals surface area (Å²) in [7, 11) is 2.16. The topological polar surface area (TPSA) is 3.88 Å². The van der Waals surface area contributed by atoms with Crippen molar-refractivity contribution in [3.05, 3.63) is 59.3 Å². The molecule has 1 heterocycles. The van der Waals surface area contributed by atoms with Gasteiger partial charge in [-0.2, -0.15) is 0 Å². The van der Waals surface area contributed by atoms with Crippen molar-refractivity contribution in [2.45, 2.75) is 19.3 Å². The van der Waals surface area contributed by atoms with Crippen molar-refractivity contribution in [2.24, 2.45) is 13.0 Å². The van der Waals surface area contributed by atoms with Crippen LogP contribution in [0, 0.1) is 12.8 Å². The van der Waals surface area contributed by atoms with E-state index in [2.05, 4.69) is 67.2 Å². The summed E-state index contributed by atoms with van der Waals surface area (Å²) in [5.74, 6) is 1.61. The summed E-state index contributed by atoms with van der Waals surface area (Å²) < 4.78 is 2.29. The van der Waals surface area contributed by atoms with Crippen LogP contribution in [0.2, 0.25) is 0 Å². The summed E-state index contributed by atoms with van der Waals surface area (Å²) in [6.07, 6.45) is 8.37. The first-order chi connectivity index (χ1) is 9.24. The summed E-state index contributed by atoms with van der Waals surface area (Å²) in [4.78, 5) is 0. The van der Waals surface area contributed by atoms with Crippen LogP contribution >= 0.6 is 0 Å². The van der Waals surface area contributed by atoms with E-state index >= 15 is 0 Å². The molecule has 19 heavy (non-hydrogen) atoms. The number of aromatic nitrogens is 1. The van der Waals surface area contributed by atoms with Crippen molar-refractivity contribution in [2.75, 3.05) is 0 Å². The van der Waals surface area contributed by atoms with Crippen LogP contribution in [0.1, 0.15) is 29.0 Å². The number of allylic oxidation sites excluding steroid dienone is 1. The zero-order chi connectivity index (χ0) is 13.0. The molecule has 2 unspecified atom stereocenters. The van der Waals surface area contributed by atoms with E-state index in [9.17, 15) is 0 Å². The third kappa shape index (κ3) is 1.65. The number of pyridine rings is 1. The molecule has 1 fully saturated rings. The van der Waals surface area contributed by atoms with Gasteiger partial charge in [0.25, 0.3) is 0 Å². The lowest BCUT2D eigenvalue weighted by Gasteiger charge is -2.11. The number of aryl methyl sites for hydroxylation is 2. The van der Waals surface area contributed by atoms with Gasteiger partial charge in [-0.1, -0.05) is 30.4 Å². The molecule has 1 aromatic heterocycles. The molecule has 2 aromatic rings. The average molecular weight is 248 g/mol. The fourth-order valence-electron chi connectivity index (χ4n) is 3.28. The fourth-order valence-corrected chi connectivity index (χ4v) is 3.28. The quantitative estimate of drug-likeness (QED) is 0.679. The number of nitrogens with zero attached hydrogens (tertiary/aromatic N) is 1. The predicted molar refractivity (Wildman–Crippen MR) is 77.7 cm³/mol. The maximum absolute atomic E-state index is 2.38. The molecule has 0 saturated heterocycles. The summed E-state index contributed by atoms with van der Waals surface area (Å²) in [6, 6.07) is 11.0. The molecule has 4 rings (SSSR count). The third-order valence-electron chi connectivity index (χ3n) is 4.52. The molecular weight excluding hydrogens is 230 g/mol. The van der Waals surface area contributed by atoms with Crippen LogP contribution < -0.4 is 4.57 Å².